The number of pyridine rings is 1. The topological polar surface area (TPSA) is 63.3 Å². The van der Waals surface area contributed by atoms with E-state index in [1.807, 2.05) is 18.2 Å². The maximum absolute atomic E-state index is 10.0. The summed E-state index contributed by atoms with van der Waals surface area (Å²) in [7, 11) is 0. The van der Waals surface area contributed by atoms with E-state index in [9.17, 15) is 4.79 Å². The van der Waals surface area contributed by atoms with Crippen LogP contribution in [0.25, 0.3) is 54.9 Å². The number of hydrogen-bond donors (Lipinski definition) is 1. The summed E-state index contributed by atoms with van der Waals surface area (Å²) >= 11 is 0. The van der Waals surface area contributed by atoms with Gasteiger partial charge in [0.1, 0.15) is 11.2 Å². The zero-order chi connectivity index (χ0) is 26.1. The molecule has 0 aliphatic heterocycles. The summed E-state index contributed by atoms with van der Waals surface area (Å²) in [5.74, 6) is 0.336. The second-order valence-corrected chi connectivity index (χ2v) is 9.51. The number of carbonyl (C=O) groups is 1. The van der Waals surface area contributed by atoms with Crippen LogP contribution in [0, 0.1) is 6.07 Å². The molecule has 1 N–H and O–H groups in total. The maximum Gasteiger partial charge on any atom is 0.155 e. The molecular weight excluding hydrogens is 651 g/mol. The van der Waals surface area contributed by atoms with Crippen molar-refractivity contribution in [1.29, 1.82) is 0 Å². The fourth-order valence-corrected chi connectivity index (χ4v) is 4.77. The van der Waals surface area contributed by atoms with Crippen molar-refractivity contribution < 1.29 is 34.4 Å². The van der Waals surface area contributed by atoms with Gasteiger partial charge in [0.15, 0.2) is 5.78 Å². The summed E-state index contributed by atoms with van der Waals surface area (Å²) in [4.78, 5) is 15.1. The van der Waals surface area contributed by atoms with Crippen LogP contribution in [0.4, 0.5) is 0 Å². The second kappa shape index (κ2) is 11.3. The van der Waals surface area contributed by atoms with E-state index in [4.69, 9.17) is 14.5 Å². The molecule has 4 nitrogen and oxygen atoms in total. The van der Waals surface area contributed by atoms with Crippen molar-refractivity contribution in [1.82, 2.24) is 4.98 Å². The van der Waals surface area contributed by atoms with Crippen molar-refractivity contribution in [2.45, 2.75) is 33.6 Å². The minimum Gasteiger partial charge on any atom is -0.512 e. The average molecular weight is 679 g/mol. The minimum absolute atomic E-state index is 0. The summed E-state index contributed by atoms with van der Waals surface area (Å²) in [6.45, 7) is 7.31. The molecule has 0 saturated heterocycles. The zero-order valence-corrected chi connectivity index (χ0v) is 24.1. The Morgan fingerprint density at radius 1 is 0.921 bits per heavy atom. The van der Waals surface area contributed by atoms with Gasteiger partial charge in [0, 0.05) is 48.0 Å². The Kier molecular flexibility index (Phi) is 8.11. The van der Waals surface area contributed by atoms with Gasteiger partial charge in [-0.05, 0) is 31.9 Å². The molecule has 0 amide bonds. The van der Waals surface area contributed by atoms with Crippen molar-refractivity contribution in [2.24, 2.45) is 0 Å². The van der Waals surface area contributed by atoms with Gasteiger partial charge in [-0.25, -0.2) is 0 Å². The first-order valence-corrected chi connectivity index (χ1v) is 12.4. The Labute approximate surface area is 235 Å². The number of para-hydroxylation sites is 2. The summed E-state index contributed by atoms with van der Waals surface area (Å²) in [6.07, 6.45) is 1.17. The standard InChI is InChI=1S/C28H20NO.C5H8O2.Ir/c1-17(2)23-16-19(15-18-9-3-4-10-20(18)23)27-28-26(21-11-5-7-13-24(21)29-27)22-12-6-8-14-25(22)30-28;1-4(6)3-5(2)7;/h3-14,16-17H,1-2H3;3,6H,1-2H3;/q-1;;/b;4-3-;. The summed E-state index contributed by atoms with van der Waals surface area (Å²) < 4.78 is 6.38. The molecule has 5 heteroatoms. The number of fused-ring (bicyclic) bond motifs is 6. The molecule has 4 aromatic carbocycles. The molecule has 0 atom stereocenters. The van der Waals surface area contributed by atoms with Gasteiger partial charge in [0.2, 0.25) is 0 Å². The van der Waals surface area contributed by atoms with E-state index in [0.29, 0.717) is 5.92 Å². The molecule has 0 saturated carbocycles. The number of aliphatic hydroxyl groups is 1. The van der Waals surface area contributed by atoms with Gasteiger partial charge in [-0.3, -0.25) is 9.78 Å². The Morgan fingerprint density at radius 3 is 2.21 bits per heavy atom. The van der Waals surface area contributed by atoms with Gasteiger partial charge in [-0.15, -0.1) is 29.1 Å². The van der Waals surface area contributed by atoms with Crippen LogP contribution in [0.5, 0.6) is 0 Å². The number of hydrogen-bond acceptors (Lipinski definition) is 4. The van der Waals surface area contributed by atoms with Crippen molar-refractivity contribution in [3.05, 3.63) is 102 Å². The smallest absolute Gasteiger partial charge is 0.155 e. The Morgan fingerprint density at radius 2 is 1.55 bits per heavy atom. The van der Waals surface area contributed by atoms with Crippen molar-refractivity contribution in [2.75, 3.05) is 0 Å². The van der Waals surface area contributed by atoms with Gasteiger partial charge < -0.3 is 9.52 Å². The number of nitrogens with zero attached hydrogens (tertiary/aromatic N) is 1. The van der Waals surface area contributed by atoms with Crippen LogP contribution >= 0.6 is 0 Å². The Balaban J connectivity index is 0.000000375. The summed E-state index contributed by atoms with van der Waals surface area (Å²) in [5, 5.41) is 14.1. The molecule has 6 aromatic rings. The number of aromatic nitrogens is 1. The predicted octanol–water partition coefficient (Wildman–Crippen LogP) is 8.91. The normalized spacial score (nSPS) is 11.6. The van der Waals surface area contributed by atoms with Crippen molar-refractivity contribution in [3.63, 3.8) is 0 Å². The quantitative estimate of drug-likeness (QED) is 0.115. The molecule has 0 aliphatic carbocycles. The van der Waals surface area contributed by atoms with Crippen LogP contribution in [-0.2, 0) is 24.9 Å². The molecule has 0 bridgehead atoms. The zero-order valence-electron chi connectivity index (χ0n) is 21.7. The van der Waals surface area contributed by atoms with Crippen molar-refractivity contribution in [3.8, 4) is 11.3 Å². The van der Waals surface area contributed by atoms with E-state index in [0.717, 1.165) is 49.5 Å². The first-order valence-electron chi connectivity index (χ1n) is 12.4. The van der Waals surface area contributed by atoms with Gasteiger partial charge in [0.05, 0.1) is 11.3 Å². The van der Waals surface area contributed by atoms with E-state index in [-0.39, 0.29) is 31.6 Å². The van der Waals surface area contributed by atoms with Crippen LogP contribution in [0.3, 0.4) is 0 Å². The van der Waals surface area contributed by atoms with E-state index in [1.165, 1.54) is 30.9 Å². The van der Waals surface area contributed by atoms with Crippen LogP contribution < -0.4 is 0 Å². The average Bonchev–Trinajstić information content (AvgIpc) is 3.27. The van der Waals surface area contributed by atoms with Crippen LogP contribution in [-0.4, -0.2) is 15.9 Å². The fraction of sp³-hybridized carbons (Fsp3) is 0.152. The number of rotatable bonds is 3. The largest absolute Gasteiger partial charge is 0.512 e. The Bertz CT molecular complexity index is 1810. The number of allylic oxidation sites excluding steroid dienone is 2. The van der Waals surface area contributed by atoms with Gasteiger partial charge in [-0.2, -0.15) is 0 Å². The molecule has 0 aliphatic rings. The SMILES string of the molecule is CC(=O)/C=C(/C)O.CC(C)c1cc(-c2nc3ccccc3c3c2oc2ccccc23)[c-]c2ccccc12.[Ir]. The molecule has 0 fully saturated rings. The summed E-state index contributed by atoms with van der Waals surface area (Å²) in [6, 6.07) is 30.8. The monoisotopic (exact) mass is 679 g/mol. The second-order valence-electron chi connectivity index (χ2n) is 9.51. The molecule has 0 spiro atoms. The van der Waals surface area contributed by atoms with E-state index >= 15 is 0 Å². The number of ketones is 1. The molecule has 193 valence electrons. The van der Waals surface area contributed by atoms with Crippen LogP contribution in [0.2, 0.25) is 0 Å². The third-order valence-corrected chi connectivity index (χ3v) is 6.31. The molecule has 6 rings (SSSR count). The van der Waals surface area contributed by atoms with E-state index < -0.39 is 0 Å². The Hall–Kier alpha value is -3.79. The number of carbonyl (C=O) groups excluding carboxylic acids is 1. The fourth-order valence-electron chi connectivity index (χ4n) is 4.77. The predicted molar refractivity (Wildman–Crippen MR) is 152 cm³/mol. The number of furan rings is 1. The van der Waals surface area contributed by atoms with E-state index in [1.54, 1.807) is 0 Å². The third-order valence-electron chi connectivity index (χ3n) is 6.31. The number of benzene rings is 4. The van der Waals surface area contributed by atoms with Gasteiger partial charge in [-0.1, -0.05) is 79.4 Å². The molecule has 2 heterocycles. The van der Waals surface area contributed by atoms with Gasteiger partial charge >= 0.3 is 0 Å². The molecule has 0 unspecified atom stereocenters. The van der Waals surface area contributed by atoms with Gasteiger partial charge in [0.25, 0.3) is 0 Å². The van der Waals surface area contributed by atoms with E-state index in [2.05, 4.69) is 80.6 Å². The molecular formula is C33H28IrNO3-. The van der Waals surface area contributed by atoms with Crippen LogP contribution in [0.1, 0.15) is 39.2 Å². The third kappa shape index (κ3) is 5.26. The first kappa shape index (κ1) is 27.2. The molecule has 38 heavy (non-hydrogen) atoms. The molecule has 1 radical (unpaired) electrons. The minimum atomic E-state index is -0.125. The summed E-state index contributed by atoms with van der Waals surface area (Å²) in [5.41, 5.74) is 5.82. The molecule has 2 aromatic heterocycles. The first-order chi connectivity index (χ1) is 17.8. The maximum atomic E-state index is 10.0. The van der Waals surface area contributed by atoms with Crippen LogP contribution in [0.15, 0.2) is 95.1 Å². The number of aliphatic hydroxyl groups excluding tert-OH is 1. The van der Waals surface area contributed by atoms with Crippen molar-refractivity contribution >= 4 is 49.4 Å².